The van der Waals surface area contributed by atoms with Crippen LogP contribution < -0.4 is 16.2 Å². The number of hydrogen-bond acceptors (Lipinski definition) is 4. The smallest absolute Gasteiger partial charge is 0.263 e. The molecule has 0 radical (unpaired) electrons. The van der Waals surface area contributed by atoms with Gasteiger partial charge in [-0.2, -0.15) is 0 Å². The molecule has 1 aromatic heterocycles. The lowest BCUT2D eigenvalue weighted by molar-refractivity contribution is 0.0857. The van der Waals surface area contributed by atoms with Crippen LogP contribution in [-0.4, -0.2) is 54.5 Å². The minimum atomic E-state index is -0.505. The van der Waals surface area contributed by atoms with Gasteiger partial charge < -0.3 is 20.1 Å². The number of carbonyl (C=O) groups excluding carboxylic acids is 2. The van der Waals surface area contributed by atoms with E-state index >= 15 is 0 Å². The van der Waals surface area contributed by atoms with Gasteiger partial charge in [0.25, 0.3) is 17.4 Å². The monoisotopic (exact) mass is 354 g/mol. The maximum Gasteiger partial charge on any atom is 0.263 e. The molecule has 1 fully saturated rings. The summed E-state index contributed by atoms with van der Waals surface area (Å²) in [5.41, 5.74) is 0.749. The Morgan fingerprint density at radius 2 is 1.85 bits per heavy atom. The lowest BCUT2D eigenvalue weighted by Crippen LogP contribution is -2.57. The number of benzene rings is 1. The van der Waals surface area contributed by atoms with E-state index < -0.39 is 11.5 Å². The van der Waals surface area contributed by atoms with Crippen LogP contribution in [0.15, 0.2) is 47.4 Å². The molecule has 2 heterocycles. The summed E-state index contributed by atoms with van der Waals surface area (Å²) in [6.07, 6.45) is 1.51. The van der Waals surface area contributed by atoms with Gasteiger partial charge in [0.05, 0.1) is 18.2 Å². The molecular formula is C19H22N4O3. The molecule has 26 heavy (non-hydrogen) atoms. The van der Waals surface area contributed by atoms with E-state index in [-0.39, 0.29) is 24.1 Å². The van der Waals surface area contributed by atoms with E-state index in [4.69, 9.17) is 0 Å². The van der Waals surface area contributed by atoms with Crippen molar-refractivity contribution in [2.24, 2.45) is 0 Å². The third-order valence-corrected chi connectivity index (χ3v) is 4.41. The average Bonchev–Trinajstić information content (AvgIpc) is 2.62. The quantitative estimate of drug-likeness (QED) is 0.809. The Kier molecular flexibility index (Phi) is 5.18. The Labute approximate surface area is 151 Å². The molecule has 2 N–H and O–H groups in total. The second kappa shape index (κ2) is 7.53. The third-order valence-electron chi connectivity index (χ3n) is 4.41. The fourth-order valence-electron chi connectivity index (χ4n) is 3.01. The number of hydrogen-bond donors (Lipinski definition) is 2. The number of likely N-dealkylation sites (N-methyl/N-ethyl adjacent to an activating group) is 1. The zero-order valence-corrected chi connectivity index (χ0v) is 14.9. The maximum absolute atomic E-state index is 12.6. The second-order valence-electron chi connectivity index (χ2n) is 6.53. The van der Waals surface area contributed by atoms with Gasteiger partial charge in [0, 0.05) is 26.3 Å². The van der Waals surface area contributed by atoms with Crippen molar-refractivity contribution in [2.45, 2.75) is 12.6 Å². The van der Waals surface area contributed by atoms with Gasteiger partial charge in [-0.1, -0.05) is 30.3 Å². The molecule has 0 bridgehead atoms. The Balaban J connectivity index is 1.93. The van der Waals surface area contributed by atoms with E-state index in [1.54, 1.807) is 0 Å². The number of nitrogens with zero attached hydrogens (tertiary/aromatic N) is 2. The number of pyridine rings is 1. The van der Waals surface area contributed by atoms with Crippen LogP contribution in [0.1, 0.15) is 26.3 Å². The van der Waals surface area contributed by atoms with Crippen LogP contribution in [0.4, 0.5) is 0 Å². The van der Waals surface area contributed by atoms with Crippen molar-refractivity contribution in [3.05, 3.63) is 69.6 Å². The van der Waals surface area contributed by atoms with E-state index in [1.807, 2.05) is 37.4 Å². The summed E-state index contributed by atoms with van der Waals surface area (Å²) in [6.45, 7) is 1.87. The highest BCUT2D eigenvalue weighted by Gasteiger charge is 2.26. The minimum Gasteiger partial charge on any atom is -0.355 e. The molecule has 7 nitrogen and oxygen atoms in total. The molecule has 2 aromatic rings. The molecule has 1 aliphatic heterocycles. The standard InChI is InChI=1S/C19H22N4O3/c1-20-18(25)16-8-14(17(24)21-15-11-22(2)12-15)10-23(19(16)26)9-13-6-4-3-5-7-13/h3-8,10,15H,9,11-12H2,1-2H3,(H,20,25)(H,21,24). The van der Waals surface area contributed by atoms with Crippen LogP contribution >= 0.6 is 0 Å². The number of rotatable bonds is 5. The molecule has 1 aliphatic rings. The van der Waals surface area contributed by atoms with Crippen molar-refractivity contribution < 1.29 is 9.59 Å². The van der Waals surface area contributed by atoms with Crippen molar-refractivity contribution in [2.75, 3.05) is 27.2 Å². The van der Waals surface area contributed by atoms with Crippen LogP contribution in [-0.2, 0) is 6.54 Å². The van der Waals surface area contributed by atoms with Crippen LogP contribution in [0.25, 0.3) is 0 Å². The molecule has 0 atom stereocenters. The van der Waals surface area contributed by atoms with Crippen LogP contribution in [0.2, 0.25) is 0 Å². The first-order valence-electron chi connectivity index (χ1n) is 8.48. The van der Waals surface area contributed by atoms with Gasteiger partial charge >= 0.3 is 0 Å². The summed E-state index contributed by atoms with van der Waals surface area (Å²) in [6, 6.07) is 10.9. The molecule has 3 rings (SSSR count). The Morgan fingerprint density at radius 3 is 2.46 bits per heavy atom. The first-order valence-corrected chi connectivity index (χ1v) is 8.48. The van der Waals surface area contributed by atoms with E-state index in [0.717, 1.165) is 18.7 Å². The van der Waals surface area contributed by atoms with Crippen LogP contribution in [0.3, 0.4) is 0 Å². The summed E-state index contributed by atoms with van der Waals surface area (Å²) < 4.78 is 1.40. The molecule has 2 amide bonds. The number of aromatic nitrogens is 1. The Hall–Kier alpha value is -2.93. The van der Waals surface area contributed by atoms with Crippen molar-refractivity contribution in [3.63, 3.8) is 0 Å². The number of likely N-dealkylation sites (tertiary alicyclic amines) is 1. The Bertz CT molecular complexity index is 870. The lowest BCUT2D eigenvalue weighted by Gasteiger charge is -2.36. The first-order chi connectivity index (χ1) is 12.5. The van der Waals surface area contributed by atoms with Crippen molar-refractivity contribution in [3.8, 4) is 0 Å². The molecule has 0 saturated carbocycles. The zero-order valence-electron chi connectivity index (χ0n) is 14.9. The van der Waals surface area contributed by atoms with Gasteiger partial charge in [0.1, 0.15) is 5.56 Å². The molecule has 7 heteroatoms. The van der Waals surface area contributed by atoms with Gasteiger partial charge in [-0.3, -0.25) is 14.4 Å². The molecule has 0 aliphatic carbocycles. The van der Waals surface area contributed by atoms with Crippen molar-refractivity contribution in [1.29, 1.82) is 0 Å². The molecular weight excluding hydrogens is 332 g/mol. The second-order valence-corrected chi connectivity index (χ2v) is 6.53. The highest BCUT2D eigenvalue weighted by atomic mass is 16.2. The molecule has 0 spiro atoms. The van der Waals surface area contributed by atoms with E-state index in [9.17, 15) is 14.4 Å². The number of carbonyl (C=O) groups is 2. The maximum atomic E-state index is 12.6. The third kappa shape index (κ3) is 3.83. The minimum absolute atomic E-state index is 0.0400. The van der Waals surface area contributed by atoms with Gasteiger partial charge in [-0.15, -0.1) is 0 Å². The summed E-state index contributed by atoms with van der Waals surface area (Å²) in [7, 11) is 3.44. The van der Waals surface area contributed by atoms with Crippen LogP contribution in [0, 0.1) is 0 Å². The summed E-state index contributed by atoms with van der Waals surface area (Å²) in [5, 5.41) is 5.39. The van der Waals surface area contributed by atoms with Gasteiger partial charge in [0.2, 0.25) is 0 Å². The van der Waals surface area contributed by atoms with Crippen LogP contribution in [0.5, 0.6) is 0 Å². The fourth-order valence-corrected chi connectivity index (χ4v) is 3.01. The predicted molar refractivity (Wildman–Crippen MR) is 98.4 cm³/mol. The SMILES string of the molecule is CNC(=O)c1cc(C(=O)NC2CN(C)C2)cn(Cc2ccccc2)c1=O. The van der Waals surface area contributed by atoms with Gasteiger partial charge in [-0.05, 0) is 18.7 Å². The molecule has 1 aromatic carbocycles. The highest BCUT2D eigenvalue weighted by Crippen LogP contribution is 2.08. The highest BCUT2D eigenvalue weighted by molar-refractivity contribution is 5.99. The normalized spacial score (nSPS) is 14.5. The van der Waals surface area contributed by atoms with E-state index in [0.29, 0.717) is 5.56 Å². The molecule has 0 unspecified atom stereocenters. The van der Waals surface area contributed by atoms with Crippen molar-refractivity contribution in [1.82, 2.24) is 20.1 Å². The summed E-state index contributed by atoms with van der Waals surface area (Å²) in [4.78, 5) is 39.4. The summed E-state index contributed by atoms with van der Waals surface area (Å²) in [5.74, 6) is -0.787. The first kappa shape index (κ1) is 17.9. The van der Waals surface area contributed by atoms with E-state index in [1.165, 1.54) is 23.9 Å². The Morgan fingerprint density at radius 1 is 1.15 bits per heavy atom. The van der Waals surface area contributed by atoms with Gasteiger partial charge in [-0.25, -0.2) is 0 Å². The topological polar surface area (TPSA) is 83.4 Å². The molecule has 1 saturated heterocycles. The largest absolute Gasteiger partial charge is 0.355 e. The fraction of sp³-hybridized carbons (Fsp3) is 0.316. The lowest BCUT2D eigenvalue weighted by atomic mass is 10.1. The number of nitrogens with one attached hydrogen (secondary N) is 2. The summed E-state index contributed by atoms with van der Waals surface area (Å²) >= 11 is 0. The van der Waals surface area contributed by atoms with E-state index in [2.05, 4.69) is 15.5 Å². The zero-order chi connectivity index (χ0) is 18.7. The van der Waals surface area contributed by atoms with Crippen molar-refractivity contribution >= 4 is 11.8 Å². The molecule has 136 valence electrons. The predicted octanol–water partition coefficient (Wildman–Crippen LogP) is 0.300. The average molecular weight is 354 g/mol. The van der Waals surface area contributed by atoms with Gasteiger partial charge in [0.15, 0.2) is 0 Å². The number of amides is 2.